The van der Waals surface area contributed by atoms with Crippen molar-refractivity contribution in [1.82, 2.24) is 0 Å². The van der Waals surface area contributed by atoms with E-state index in [9.17, 15) is 8.78 Å². The van der Waals surface area contributed by atoms with Crippen molar-refractivity contribution in [1.29, 1.82) is 0 Å². The van der Waals surface area contributed by atoms with Crippen LogP contribution in [-0.4, -0.2) is 15.6 Å². The smallest absolute Gasteiger partial charge is 0.168 e. The fourth-order valence-corrected chi connectivity index (χ4v) is 5.60. The van der Waals surface area contributed by atoms with Crippen LogP contribution in [0.15, 0.2) is 12.1 Å². The van der Waals surface area contributed by atoms with E-state index in [1.165, 1.54) is 44.6 Å². The molecular weight excluding hydrogens is 310 g/mol. The molecule has 4 heteroatoms. The molecule has 1 heterocycles. The highest BCUT2D eigenvalue weighted by atomic mass is 28.2. The number of hydrogen-bond donors (Lipinski definition) is 0. The van der Waals surface area contributed by atoms with Crippen molar-refractivity contribution in [2.75, 3.05) is 0 Å². The molecule has 1 aliphatic carbocycles. The van der Waals surface area contributed by atoms with Crippen LogP contribution in [0.5, 0.6) is 5.75 Å². The Bertz CT molecular complexity index is 526. The molecule has 0 amide bonds. The number of aryl methyl sites for hydroxylation is 1. The number of benzene rings is 1. The fourth-order valence-electron chi connectivity index (χ4n) is 3.98. The van der Waals surface area contributed by atoms with Crippen molar-refractivity contribution in [2.24, 2.45) is 5.92 Å². The van der Waals surface area contributed by atoms with Crippen molar-refractivity contribution < 1.29 is 13.5 Å². The van der Waals surface area contributed by atoms with Gasteiger partial charge in [-0.2, -0.15) is 0 Å². The lowest BCUT2D eigenvalue weighted by Gasteiger charge is -2.30. The molecule has 1 atom stereocenters. The molecule has 0 bridgehead atoms. The molecule has 126 valence electrons. The second-order valence-corrected chi connectivity index (χ2v) is 8.70. The Balaban J connectivity index is 1.47. The first kappa shape index (κ1) is 16.9. The quantitative estimate of drug-likeness (QED) is 0.640. The van der Waals surface area contributed by atoms with Crippen LogP contribution >= 0.6 is 0 Å². The van der Waals surface area contributed by atoms with E-state index in [2.05, 4.69) is 6.92 Å². The van der Waals surface area contributed by atoms with Crippen LogP contribution in [0, 0.1) is 17.6 Å². The Hall–Kier alpha value is -0.903. The van der Waals surface area contributed by atoms with Crippen LogP contribution in [0.4, 0.5) is 8.78 Å². The van der Waals surface area contributed by atoms with E-state index in [0.717, 1.165) is 45.9 Å². The fraction of sp³-hybridized carbons (Fsp3) is 0.684. The Labute approximate surface area is 140 Å². The molecule has 0 saturated heterocycles. The Morgan fingerprint density at radius 2 is 1.91 bits per heavy atom. The van der Waals surface area contributed by atoms with Crippen LogP contribution in [0.2, 0.25) is 11.6 Å². The zero-order chi connectivity index (χ0) is 16.2. The first-order valence-corrected chi connectivity index (χ1v) is 10.3. The van der Waals surface area contributed by atoms with Crippen LogP contribution < -0.4 is 4.74 Å². The molecule has 1 aromatic rings. The number of fused-ring (bicyclic) bond motifs is 1. The molecule has 2 aliphatic rings. The molecule has 2 radical (unpaired) electrons. The van der Waals surface area contributed by atoms with Crippen LogP contribution in [0.1, 0.15) is 57.4 Å². The third-order valence-corrected chi connectivity index (χ3v) is 7.13. The normalized spacial score (nSPS) is 27.3. The largest absolute Gasteiger partial charge is 0.487 e. The summed E-state index contributed by atoms with van der Waals surface area (Å²) in [4.78, 5) is 0. The van der Waals surface area contributed by atoms with Crippen molar-refractivity contribution in [3.05, 3.63) is 29.3 Å². The molecule has 1 unspecified atom stereocenters. The maximum absolute atomic E-state index is 13.9. The van der Waals surface area contributed by atoms with Gasteiger partial charge in [-0.15, -0.1) is 0 Å². The standard InChI is InChI=1S/C19H26F2OSi/c1-2-3-13-4-8-17(9-5-13)23-12-16-7-6-14-10-15(20)11-18(21)19(14)22-16/h10-11,13,16-17H,2-9,12H2,1H3. The Morgan fingerprint density at radius 1 is 1.13 bits per heavy atom. The lowest BCUT2D eigenvalue weighted by Crippen LogP contribution is -2.26. The molecule has 0 N–H and O–H groups in total. The Morgan fingerprint density at radius 3 is 2.65 bits per heavy atom. The highest BCUT2D eigenvalue weighted by molar-refractivity contribution is 6.37. The van der Waals surface area contributed by atoms with Gasteiger partial charge in [0.25, 0.3) is 0 Å². The molecule has 1 saturated carbocycles. The van der Waals surface area contributed by atoms with E-state index in [-0.39, 0.29) is 6.10 Å². The van der Waals surface area contributed by atoms with Gasteiger partial charge in [0.15, 0.2) is 11.6 Å². The zero-order valence-corrected chi connectivity index (χ0v) is 14.9. The summed E-state index contributed by atoms with van der Waals surface area (Å²) in [6, 6.07) is 3.36. The van der Waals surface area contributed by atoms with Crippen molar-refractivity contribution in [2.45, 2.75) is 76.0 Å². The molecule has 0 spiro atoms. The monoisotopic (exact) mass is 336 g/mol. The van der Waals surface area contributed by atoms with E-state index >= 15 is 0 Å². The second kappa shape index (κ2) is 7.78. The van der Waals surface area contributed by atoms with E-state index in [1.807, 2.05) is 0 Å². The highest BCUT2D eigenvalue weighted by Crippen LogP contribution is 2.37. The number of halogens is 2. The second-order valence-electron chi connectivity index (χ2n) is 7.07. The van der Waals surface area contributed by atoms with E-state index in [0.29, 0.717) is 11.3 Å². The minimum Gasteiger partial charge on any atom is -0.487 e. The van der Waals surface area contributed by atoms with E-state index < -0.39 is 11.6 Å². The van der Waals surface area contributed by atoms with Gasteiger partial charge in [-0.1, -0.05) is 45.4 Å². The van der Waals surface area contributed by atoms with Gasteiger partial charge in [0.05, 0.1) is 6.10 Å². The summed E-state index contributed by atoms with van der Waals surface area (Å²) < 4.78 is 32.9. The summed E-state index contributed by atoms with van der Waals surface area (Å²) in [5.74, 6) is 0.184. The number of hydrogen-bond acceptors (Lipinski definition) is 1. The van der Waals surface area contributed by atoms with Crippen molar-refractivity contribution in [3.63, 3.8) is 0 Å². The zero-order valence-electron chi connectivity index (χ0n) is 13.9. The average Bonchev–Trinajstić information content (AvgIpc) is 2.55. The predicted octanol–water partition coefficient (Wildman–Crippen LogP) is 5.56. The van der Waals surface area contributed by atoms with Gasteiger partial charge in [0.1, 0.15) is 5.82 Å². The summed E-state index contributed by atoms with van der Waals surface area (Å²) in [6.45, 7) is 2.27. The Kier molecular flexibility index (Phi) is 5.73. The summed E-state index contributed by atoms with van der Waals surface area (Å²) in [5.41, 5.74) is 1.52. The topological polar surface area (TPSA) is 9.23 Å². The van der Waals surface area contributed by atoms with Gasteiger partial charge < -0.3 is 4.74 Å². The molecule has 1 fully saturated rings. The van der Waals surface area contributed by atoms with Crippen LogP contribution in [0.3, 0.4) is 0 Å². The summed E-state index contributed by atoms with van der Waals surface area (Å²) in [7, 11) is 0.914. The number of rotatable bonds is 5. The SMILES string of the molecule is CCCC1CCC([Si]CC2CCc3cc(F)cc(F)c3O2)CC1. The molecule has 3 rings (SSSR count). The van der Waals surface area contributed by atoms with Gasteiger partial charge in [0, 0.05) is 21.1 Å². The molecule has 1 aliphatic heterocycles. The van der Waals surface area contributed by atoms with Crippen LogP contribution in [-0.2, 0) is 6.42 Å². The lowest BCUT2D eigenvalue weighted by molar-refractivity contribution is 0.181. The highest BCUT2D eigenvalue weighted by Gasteiger charge is 2.26. The van der Waals surface area contributed by atoms with Gasteiger partial charge in [0.2, 0.25) is 0 Å². The third-order valence-electron chi connectivity index (χ3n) is 5.28. The van der Waals surface area contributed by atoms with Gasteiger partial charge in [-0.3, -0.25) is 0 Å². The van der Waals surface area contributed by atoms with Crippen LogP contribution in [0.25, 0.3) is 0 Å². The lowest BCUT2D eigenvalue weighted by atomic mass is 9.86. The van der Waals surface area contributed by atoms with Crippen molar-refractivity contribution in [3.8, 4) is 5.75 Å². The molecule has 0 aromatic heterocycles. The van der Waals surface area contributed by atoms with Crippen molar-refractivity contribution >= 4 is 9.52 Å². The number of ether oxygens (including phenoxy) is 1. The first-order chi connectivity index (χ1) is 11.2. The van der Waals surface area contributed by atoms with Gasteiger partial charge >= 0.3 is 0 Å². The minimum absolute atomic E-state index is 0.106. The van der Waals surface area contributed by atoms with E-state index in [4.69, 9.17) is 4.74 Å². The minimum atomic E-state index is -0.548. The molecular formula is C19H26F2OSi. The molecule has 1 nitrogen and oxygen atoms in total. The van der Waals surface area contributed by atoms with Gasteiger partial charge in [-0.25, -0.2) is 8.78 Å². The summed E-state index contributed by atoms with van der Waals surface area (Å²) >= 11 is 0. The summed E-state index contributed by atoms with van der Waals surface area (Å²) in [5, 5.41) is 0. The first-order valence-electron chi connectivity index (χ1n) is 9.03. The third kappa shape index (κ3) is 4.34. The molecule has 1 aromatic carbocycles. The maximum Gasteiger partial charge on any atom is 0.168 e. The predicted molar refractivity (Wildman–Crippen MR) is 90.3 cm³/mol. The molecule has 23 heavy (non-hydrogen) atoms. The van der Waals surface area contributed by atoms with Gasteiger partial charge in [-0.05, 0) is 36.4 Å². The average molecular weight is 336 g/mol. The summed E-state index contributed by atoms with van der Waals surface area (Å²) in [6.07, 6.45) is 9.87. The maximum atomic E-state index is 13.9. The van der Waals surface area contributed by atoms with E-state index in [1.54, 1.807) is 0 Å².